The van der Waals surface area contributed by atoms with Crippen LogP contribution in [0.4, 0.5) is 5.82 Å². The minimum Gasteiger partial charge on any atom is -0.469 e. The quantitative estimate of drug-likeness (QED) is 0.760. The molecule has 0 bridgehead atoms. The summed E-state index contributed by atoms with van der Waals surface area (Å²) in [4.78, 5) is 7.99. The number of anilines is 1. The van der Waals surface area contributed by atoms with Gasteiger partial charge in [0.25, 0.3) is 0 Å². The van der Waals surface area contributed by atoms with Crippen molar-refractivity contribution in [2.24, 2.45) is 0 Å². The highest BCUT2D eigenvalue weighted by Gasteiger charge is 2.17. The molecule has 0 aliphatic heterocycles. The first kappa shape index (κ1) is 14.2. The molecule has 0 spiro atoms. The fourth-order valence-electron chi connectivity index (χ4n) is 2.44. The SMILES string of the molecule is CCNCc1c(N(C)Cc2ccoc2C)nc2sccn12. The third-order valence-corrected chi connectivity index (χ3v) is 4.37. The Balaban J connectivity index is 1.91. The number of furan rings is 1. The van der Waals surface area contributed by atoms with Gasteiger partial charge in [-0.1, -0.05) is 6.92 Å². The molecule has 21 heavy (non-hydrogen) atoms. The van der Waals surface area contributed by atoms with Gasteiger partial charge in [-0.3, -0.25) is 4.40 Å². The second-order valence-electron chi connectivity index (χ2n) is 5.08. The maximum atomic E-state index is 5.38. The smallest absolute Gasteiger partial charge is 0.195 e. The first-order chi connectivity index (χ1) is 10.2. The van der Waals surface area contributed by atoms with Crippen LogP contribution in [-0.2, 0) is 13.1 Å². The first-order valence-corrected chi connectivity index (χ1v) is 7.98. The van der Waals surface area contributed by atoms with Crippen LogP contribution in [0.15, 0.2) is 28.3 Å². The number of imidazole rings is 1. The lowest BCUT2D eigenvalue weighted by Gasteiger charge is -2.18. The van der Waals surface area contributed by atoms with Crippen LogP contribution in [-0.4, -0.2) is 23.0 Å². The first-order valence-electron chi connectivity index (χ1n) is 7.10. The second-order valence-corrected chi connectivity index (χ2v) is 5.95. The Morgan fingerprint density at radius 2 is 2.33 bits per heavy atom. The van der Waals surface area contributed by atoms with Crippen molar-refractivity contribution in [1.82, 2.24) is 14.7 Å². The molecule has 0 atom stereocenters. The molecule has 3 rings (SSSR count). The molecule has 0 saturated carbocycles. The molecule has 5 nitrogen and oxygen atoms in total. The van der Waals surface area contributed by atoms with Crippen molar-refractivity contribution in [3.63, 3.8) is 0 Å². The third-order valence-electron chi connectivity index (χ3n) is 3.62. The summed E-state index contributed by atoms with van der Waals surface area (Å²) in [6.45, 7) is 6.67. The zero-order valence-electron chi connectivity index (χ0n) is 12.6. The molecule has 3 aromatic heterocycles. The Labute approximate surface area is 128 Å². The van der Waals surface area contributed by atoms with E-state index in [-0.39, 0.29) is 0 Å². The topological polar surface area (TPSA) is 45.7 Å². The third kappa shape index (κ3) is 2.69. The lowest BCUT2D eigenvalue weighted by atomic mass is 10.2. The molecule has 0 saturated heterocycles. The number of aryl methyl sites for hydroxylation is 1. The van der Waals surface area contributed by atoms with Gasteiger partial charge in [0, 0.05) is 37.3 Å². The Morgan fingerprint density at radius 3 is 3.05 bits per heavy atom. The molecule has 0 aliphatic carbocycles. The zero-order chi connectivity index (χ0) is 14.8. The molecule has 0 aliphatic rings. The van der Waals surface area contributed by atoms with E-state index in [1.807, 2.05) is 13.0 Å². The average molecular weight is 304 g/mol. The van der Waals surface area contributed by atoms with Crippen molar-refractivity contribution in [3.8, 4) is 0 Å². The van der Waals surface area contributed by atoms with Gasteiger partial charge < -0.3 is 14.6 Å². The highest BCUT2D eigenvalue weighted by Crippen LogP contribution is 2.25. The summed E-state index contributed by atoms with van der Waals surface area (Å²) in [6.07, 6.45) is 3.82. The molecular weight excluding hydrogens is 284 g/mol. The maximum absolute atomic E-state index is 5.38. The molecule has 0 aromatic carbocycles. The molecule has 0 radical (unpaired) electrons. The van der Waals surface area contributed by atoms with Gasteiger partial charge in [-0.15, -0.1) is 11.3 Å². The van der Waals surface area contributed by atoms with E-state index < -0.39 is 0 Å². The van der Waals surface area contributed by atoms with Crippen molar-refractivity contribution >= 4 is 22.1 Å². The highest BCUT2D eigenvalue weighted by molar-refractivity contribution is 7.15. The van der Waals surface area contributed by atoms with E-state index in [2.05, 4.69) is 40.2 Å². The Hall–Kier alpha value is -1.79. The van der Waals surface area contributed by atoms with Crippen molar-refractivity contribution in [2.45, 2.75) is 26.9 Å². The van der Waals surface area contributed by atoms with Gasteiger partial charge in [-0.05, 0) is 19.5 Å². The van der Waals surface area contributed by atoms with Crippen LogP contribution >= 0.6 is 11.3 Å². The Morgan fingerprint density at radius 1 is 1.48 bits per heavy atom. The Bertz CT molecular complexity index is 727. The molecule has 0 unspecified atom stereocenters. The van der Waals surface area contributed by atoms with Gasteiger partial charge in [-0.2, -0.15) is 0 Å². The summed E-state index contributed by atoms with van der Waals surface area (Å²) in [5, 5.41) is 5.47. The molecule has 6 heteroatoms. The number of hydrogen-bond acceptors (Lipinski definition) is 5. The molecule has 3 heterocycles. The van der Waals surface area contributed by atoms with Gasteiger partial charge >= 0.3 is 0 Å². The van der Waals surface area contributed by atoms with Crippen LogP contribution in [0.5, 0.6) is 0 Å². The normalized spacial score (nSPS) is 11.4. The number of hydrogen-bond donors (Lipinski definition) is 1. The van der Waals surface area contributed by atoms with Crippen molar-refractivity contribution in [2.75, 3.05) is 18.5 Å². The monoisotopic (exact) mass is 304 g/mol. The molecule has 0 amide bonds. The van der Waals surface area contributed by atoms with Gasteiger partial charge in [0.15, 0.2) is 10.8 Å². The number of aromatic nitrogens is 2. The summed E-state index contributed by atoms with van der Waals surface area (Å²) in [5.74, 6) is 2.00. The standard InChI is InChI=1S/C15H20N4OS/c1-4-16-9-13-14(17-15-19(13)6-8-21-15)18(3)10-12-5-7-20-11(12)2/h5-8,16H,4,9-10H2,1-3H3. The number of nitrogens with one attached hydrogen (secondary N) is 1. The van der Waals surface area contributed by atoms with Gasteiger partial charge in [-0.25, -0.2) is 4.98 Å². The summed E-state index contributed by atoms with van der Waals surface area (Å²) in [5.41, 5.74) is 2.40. The van der Waals surface area contributed by atoms with E-state index in [9.17, 15) is 0 Å². The fraction of sp³-hybridized carbons (Fsp3) is 0.400. The van der Waals surface area contributed by atoms with Crippen LogP contribution in [0.1, 0.15) is 23.9 Å². The molecular formula is C15H20N4OS. The van der Waals surface area contributed by atoms with E-state index in [4.69, 9.17) is 9.40 Å². The number of fused-ring (bicyclic) bond motifs is 1. The summed E-state index contributed by atoms with van der Waals surface area (Å²) >= 11 is 1.66. The van der Waals surface area contributed by atoms with Crippen molar-refractivity contribution in [1.29, 1.82) is 0 Å². The molecule has 0 fully saturated rings. The van der Waals surface area contributed by atoms with Crippen LogP contribution in [0, 0.1) is 6.92 Å². The minimum atomic E-state index is 0.798. The number of thiazole rings is 1. The number of nitrogens with zero attached hydrogens (tertiary/aromatic N) is 3. The lowest BCUT2D eigenvalue weighted by Crippen LogP contribution is -2.21. The predicted octanol–water partition coefficient (Wildman–Crippen LogP) is 3.04. The van der Waals surface area contributed by atoms with E-state index in [0.717, 1.165) is 36.2 Å². The largest absolute Gasteiger partial charge is 0.469 e. The van der Waals surface area contributed by atoms with E-state index in [1.54, 1.807) is 17.6 Å². The van der Waals surface area contributed by atoms with Crippen LogP contribution in [0.25, 0.3) is 4.96 Å². The zero-order valence-corrected chi connectivity index (χ0v) is 13.4. The Kier molecular flexibility index (Phi) is 3.98. The summed E-state index contributed by atoms with van der Waals surface area (Å²) < 4.78 is 7.55. The summed E-state index contributed by atoms with van der Waals surface area (Å²) in [6, 6.07) is 2.02. The lowest BCUT2D eigenvalue weighted by molar-refractivity contribution is 0.529. The minimum absolute atomic E-state index is 0.798. The van der Waals surface area contributed by atoms with E-state index >= 15 is 0 Å². The predicted molar refractivity (Wildman–Crippen MR) is 86.0 cm³/mol. The van der Waals surface area contributed by atoms with Crippen LogP contribution in [0.3, 0.4) is 0 Å². The second kappa shape index (κ2) is 5.91. The summed E-state index contributed by atoms with van der Waals surface area (Å²) in [7, 11) is 2.08. The van der Waals surface area contributed by atoms with Crippen LogP contribution < -0.4 is 10.2 Å². The van der Waals surface area contributed by atoms with Crippen molar-refractivity contribution in [3.05, 3.63) is 40.9 Å². The highest BCUT2D eigenvalue weighted by atomic mass is 32.1. The van der Waals surface area contributed by atoms with E-state index in [1.165, 1.54) is 11.3 Å². The van der Waals surface area contributed by atoms with Gasteiger partial charge in [0.05, 0.1) is 12.0 Å². The van der Waals surface area contributed by atoms with Gasteiger partial charge in [0.1, 0.15) is 5.76 Å². The molecule has 112 valence electrons. The van der Waals surface area contributed by atoms with E-state index in [0.29, 0.717) is 0 Å². The average Bonchev–Trinajstić information content (AvgIpc) is 3.14. The molecule has 3 aromatic rings. The number of rotatable bonds is 6. The fourth-order valence-corrected chi connectivity index (χ4v) is 3.17. The van der Waals surface area contributed by atoms with Crippen molar-refractivity contribution < 1.29 is 4.42 Å². The van der Waals surface area contributed by atoms with Gasteiger partial charge in [0.2, 0.25) is 0 Å². The molecule has 1 N–H and O–H groups in total. The van der Waals surface area contributed by atoms with Crippen LogP contribution in [0.2, 0.25) is 0 Å². The maximum Gasteiger partial charge on any atom is 0.195 e.